The van der Waals surface area contributed by atoms with Crippen LogP contribution < -0.4 is 5.32 Å². The van der Waals surface area contributed by atoms with E-state index in [4.69, 9.17) is 5.11 Å². The van der Waals surface area contributed by atoms with E-state index < -0.39 is 5.97 Å². The second-order valence-electron chi connectivity index (χ2n) is 5.17. The quantitative estimate of drug-likeness (QED) is 0.777. The predicted octanol–water partition coefficient (Wildman–Crippen LogP) is 1.08. The molecule has 0 unspecified atom stereocenters. The molecule has 1 aliphatic carbocycles. The smallest absolute Gasteiger partial charge is 0.306 e. The fourth-order valence-electron chi connectivity index (χ4n) is 2.53. The van der Waals surface area contributed by atoms with Gasteiger partial charge in [-0.3, -0.25) is 14.7 Å². The number of carbonyl (C=O) groups is 2. The maximum absolute atomic E-state index is 11.9. The number of aromatic amines is 1. The number of hydrogen-bond donors (Lipinski definition) is 3. The van der Waals surface area contributed by atoms with Gasteiger partial charge in [-0.1, -0.05) is 18.2 Å². The van der Waals surface area contributed by atoms with Gasteiger partial charge < -0.3 is 10.4 Å². The van der Waals surface area contributed by atoms with Gasteiger partial charge in [0.25, 0.3) is 0 Å². The zero-order valence-corrected chi connectivity index (χ0v) is 10.8. The van der Waals surface area contributed by atoms with Gasteiger partial charge >= 0.3 is 5.97 Å². The van der Waals surface area contributed by atoms with E-state index in [1.165, 1.54) is 0 Å². The second kappa shape index (κ2) is 4.96. The molecule has 2 aromatic rings. The van der Waals surface area contributed by atoms with Crippen LogP contribution in [0, 0.1) is 5.92 Å². The Kier molecular flexibility index (Phi) is 3.14. The van der Waals surface area contributed by atoms with Crippen molar-refractivity contribution in [3.8, 4) is 0 Å². The third-order valence-electron chi connectivity index (χ3n) is 3.73. The number of carboxylic acids is 1. The number of nitrogens with zero attached hydrogens (tertiary/aromatic N) is 1. The number of carboxylic acid groups (broad SMARTS) is 1. The fraction of sp³-hybridized carbons (Fsp3) is 0.357. The highest BCUT2D eigenvalue weighted by molar-refractivity contribution is 5.87. The molecule has 3 N–H and O–H groups in total. The number of aromatic nitrogens is 2. The first kappa shape index (κ1) is 12.7. The van der Waals surface area contributed by atoms with E-state index in [-0.39, 0.29) is 24.3 Å². The number of benzene rings is 1. The lowest BCUT2D eigenvalue weighted by molar-refractivity contribution is -0.146. The topological polar surface area (TPSA) is 95.1 Å². The van der Waals surface area contributed by atoms with E-state index in [1.807, 2.05) is 24.3 Å². The highest BCUT2D eigenvalue weighted by atomic mass is 16.4. The van der Waals surface area contributed by atoms with E-state index in [9.17, 15) is 9.59 Å². The number of aliphatic carboxylic acids is 1. The van der Waals surface area contributed by atoms with Crippen molar-refractivity contribution < 1.29 is 14.7 Å². The summed E-state index contributed by atoms with van der Waals surface area (Å²) >= 11 is 0. The van der Waals surface area contributed by atoms with Crippen molar-refractivity contribution in [1.82, 2.24) is 15.5 Å². The molecule has 1 amide bonds. The van der Waals surface area contributed by atoms with Crippen molar-refractivity contribution in [2.75, 3.05) is 0 Å². The van der Waals surface area contributed by atoms with Gasteiger partial charge in [0.2, 0.25) is 5.91 Å². The minimum atomic E-state index is -0.782. The first-order valence-electron chi connectivity index (χ1n) is 6.57. The van der Waals surface area contributed by atoms with Crippen molar-refractivity contribution in [1.29, 1.82) is 0 Å². The summed E-state index contributed by atoms with van der Waals surface area (Å²) < 4.78 is 0. The zero-order valence-electron chi connectivity index (χ0n) is 10.8. The first-order valence-corrected chi connectivity index (χ1v) is 6.57. The Morgan fingerprint density at radius 2 is 2.10 bits per heavy atom. The van der Waals surface area contributed by atoms with E-state index in [1.54, 1.807) is 0 Å². The van der Waals surface area contributed by atoms with Gasteiger partial charge in [0, 0.05) is 11.4 Å². The molecule has 6 heteroatoms. The van der Waals surface area contributed by atoms with Gasteiger partial charge in [-0.15, -0.1) is 0 Å². The molecule has 1 aromatic heterocycles. The maximum Gasteiger partial charge on any atom is 0.306 e. The number of hydrogen-bond acceptors (Lipinski definition) is 3. The van der Waals surface area contributed by atoms with Crippen molar-refractivity contribution >= 4 is 22.8 Å². The Morgan fingerprint density at radius 1 is 1.35 bits per heavy atom. The Bertz CT molecular complexity index is 658. The van der Waals surface area contributed by atoms with Crippen LogP contribution in [-0.4, -0.2) is 33.2 Å². The number of carbonyl (C=O) groups excluding carboxylic acids is 1. The van der Waals surface area contributed by atoms with Crippen LogP contribution in [0.5, 0.6) is 0 Å². The lowest BCUT2D eigenvalue weighted by atomic mass is 9.80. The van der Waals surface area contributed by atoms with Crippen LogP contribution in [0.4, 0.5) is 0 Å². The lowest BCUT2D eigenvalue weighted by Crippen LogP contribution is -2.47. The maximum atomic E-state index is 11.9. The fourth-order valence-corrected chi connectivity index (χ4v) is 2.53. The molecule has 104 valence electrons. The minimum Gasteiger partial charge on any atom is -0.481 e. The number of amides is 1. The van der Waals surface area contributed by atoms with Crippen LogP contribution in [0.1, 0.15) is 18.5 Å². The van der Waals surface area contributed by atoms with Crippen LogP contribution in [0.25, 0.3) is 10.9 Å². The molecular weight excluding hydrogens is 258 g/mol. The molecule has 1 fully saturated rings. The van der Waals surface area contributed by atoms with Gasteiger partial charge in [-0.05, 0) is 18.9 Å². The Morgan fingerprint density at radius 3 is 2.85 bits per heavy atom. The molecule has 3 rings (SSSR count). The van der Waals surface area contributed by atoms with Crippen LogP contribution in [0.2, 0.25) is 0 Å². The molecule has 20 heavy (non-hydrogen) atoms. The summed E-state index contributed by atoms with van der Waals surface area (Å²) in [6.07, 6.45) is 1.27. The number of nitrogens with one attached hydrogen (secondary N) is 2. The number of rotatable bonds is 4. The van der Waals surface area contributed by atoms with Crippen molar-refractivity contribution in [3.05, 3.63) is 30.0 Å². The van der Waals surface area contributed by atoms with Crippen LogP contribution in [-0.2, 0) is 16.0 Å². The monoisotopic (exact) mass is 273 g/mol. The SMILES string of the molecule is O=C(Cc1[nH]nc2ccccc12)NC1CC(C(=O)O)C1. The average molecular weight is 273 g/mol. The molecule has 1 aromatic carbocycles. The summed E-state index contributed by atoms with van der Waals surface area (Å²) in [6.45, 7) is 0. The molecule has 6 nitrogen and oxygen atoms in total. The zero-order chi connectivity index (χ0) is 14.1. The number of fused-ring (bicyclic) bond motifs is 1. The van der Waals surface area contributed by atoms with Gasteiger partial charge in [0.05, 0.1) is 23.5 Å². The van der Waals surface area contributed by atoms with Gasteiger partial charge in [-0.2, -0.15) is 5.10 Å². The summed E-state index contributed by atoms with van der Waals surface area (Å²) in [5, 5.41) is 19.6. The van der Waals surface area contributed by atoms with Crippen molar-refractivity contribution in [3.63, 3.8) is 0 Å². The van der Waals surface area contributed by atoms with Gasteiger partial charge in [0.15, 0.2) is 0 Å². The highest BCUT2D eigenvalue weighted by Gasteiger charge is 2.35. The first-order chi connectivity index (χ1) is 9.63. The molecule has 1 heterocycles. The molecular formula is C14H15N3O3. The molecule has 0 saturated heterocycles. The Hall–Kier alpha value is -2.37. The third kappa shape index (κ3) is 2.36. The van der Waals surface area contributed by atoms with Crippen molar-refractivity contribution in [2.24, 2.45) is 5.92 Å². The molecule has 0 spiro atoms. The van der Waals surface area contributed by atoms with Gasteiger partial charge in [-0.25, -0.2) is 0 Å². The summed E-state index contributed by atoms with van der Waals surface area (Å²) in [5.74, 6) is -1.20. The van der Waals surface area contributed by atoms with E-state index in [0.29, 0.717) is 12.8 Å². The highest BCUT2D eigenvalue weighted by Crippen LogP contribution is 2.27. The standard InChI is InChI=1S/C14H15N3O3/c18-13(15-9-5-8(6-9)14(19)20)7-12-10-3-1-2-4-11(10)16-17-12/h1-4,8-9H,5-7H2,(H,15,18)(H,16,17)(H,19,20). The molecule has 0 radical (unpaired) electrons. The van der Waals surface area contributed by atoms with Crippen LogP contribution in [0.3, 0.4) is 0 Å². The third-order valence-corrected chi connectivity index (χ3v) is 3.73. The minimum absolute atomic E-state index is 0.0159. The summed E-state index contributed by atoms with van der Waals surface area (Å²) in [4.78, 5) is 22.6. The number of para-hydroxylation sites is 1. The normalized spacial score (nSPS) is 21.4. The largest absolute Gasteiger partial charge is 0.481 e. The van der Waals surface area contributed by atoms with Gasteiger partial charge in [0.1, 0.15) is 0 Å². The molecule has 0 aliphatic heterocycles. The Balaban J connectivity index is 1.58. The Labute approximate surface area is 115 Å². The van der Waals surface area contributed by atoms with E-state index in [0.717, 1.165) is 16.6 Å². The van der Waals surface area contributed by atoms with Crippen LogP contribution >= 0.6 is 0 Å². The van der Waals surface area contributed by atoms with E-state index in [2.05, 4.69) is 15.5 Å². The lowest BCUT2D eigenvalue weighted by Gasteiger charge is -2.32. The molecule has 0 atom stereocenters. The predicted molar refractivity (Wildman–Crippen MR) is 72.1 cm³/mol. The average Bonchev–Trinajstić information content (AvgIpc) is 2.76. The van der Waals surface area contributed by atoms with E-state index >= 15 is 0 Å². The van der Waals surface area contributed by atoms with Crippen molar-refractivity contribution in [2.45, 2.75) is 25.3 Å². The summed E-state index contributed by atoms with van der Waals surface area (Å²) in [6, 6.07) is 7.59. The summed E-state index contributed by atoms with van der Waals surface area (Å²) in [7, 11) is 0. The summed E-state index contributed by atoms with van der Waals surface area (Å²) in [5.41, 5.74) is 1.62. The molecule has 1 aliphatic rings. The molecule has 1 saturated carbocycles. The number of H-pyrrole nitrogens is 1. The molecule has 0 bridgehead atoms. The second-order valence-corrected chi connectivity index (χ2v) is 5.17. The van der Waals surface area contributed by atoms with Crippen LogP contribution in [0.15, 0.2) is 24.3 Å².